The van der Waals surface area contributed by atoms with Gasteiger partial charge >= 0.3 is 0 Å². The maximum atomic E-state index is 13.2. The lowest BCUT2D eigenvalue weighted by Gasteiger charge is -2.05. The normalized spacial score (nSPS) is 13.5. The highest BCUT2D eigenvalue weighted by molar-refractivity contribution is 6.10. The second kappa shape index (κ2) is 7.50. The van der Waals surface area contributed by atoms with Gasteiger partial charge in [-0.05, 0) is 23.8 Å². The third-order valence-electron chi connectivity index (χ3n) is 3.36. The number of benzene rings is 1. The zero-order valence-corrected chi connectivity index (χ0v) is 13.5. The van der Waals surface area contributed by atoms with Crippen LogP contribution < -0.4 is 5.32 Å². The molecule has 6 heteroatoms. The van der Waals surface area contributed by atoms with Crippen molar-refractivity contribution in [3.8, 4) is 0 Å². The Labute approximate surface area is 139 Å². The van der Waals surface area contributed by atoms with Crippen LogP contribution in [0.4, 0.5) is 10.1 Å². The van der Waals surface area contributed by atoms with Crippen molar-refractivity contribution < 1.29 is 14.0 Å². The molecule has 0 atom stereocenters. The highest BCUT2D eigenvalue weighted by atomic mass is 19.1. The minimum Gasteiger partial charge on any atom is -0.345 e. The van der Waals surface area contributed by atoms with E-state index in [2.05, 4.69) is 16.9 Å². The number of hydrogen-bond donors (Lipinski definition) is 1. The molecule has 124 valence electrons. The largest absolute Gasteiger partial charge is 0.345 e. The topological polar surface area (TPSA) is 61.8 Å². The first-order valence-corrected chi connectivity index (χ1v) is 7.30. The summed E-state index contributed by atoms with van der Waals surface area (Å²) in [7, 11) is 3.27. The van der Waals surface area contributed by atoms with E-state index in [1.165, 1.54) is 41.3 Å². The van der Waals surface area contributed by atoms with Crippen LogP contribution in [0.1, 0.15) is 5.56 Å². The second-order valence-corrected chi connectivity index (χ2v) is 5.38. The molecule has 1 aromatic carbocycles. The van der Waals surface area contributed by atoms with Gasteiger partial charge in [-0.2, -0.15) is 0 Å². The number of carbonyl (C=O) groups excluding carboxylic acids is 2. The molecule has 0 radical (unpaired) electrons. The van der Waals surface area contributed by atoms with Crippen molar-refractivity contribution in [2.24, 2.45) is 4.99 Å². The molecule has 1 aromatic rings. The van der Waals surface area contributed by atoms with Gasteiger partial charge < -0.3 is 10.2 Å². The maximum absolute atomic E-state index is 13.2. The minimum absolute atomic E-state index is 0.187. The number of aliphatic imine (C=N–C) groups is 1. The summed E-state index contributed by atoms with van der Waals surface area (Å²) in [6, 6.07) is 4.34. The molecule has 1 heterocycles. The van der Waals surface area contributed by atoms with Crippen molar-refractivity contribution in [1.29, 1.82) is 0 Å². The number of amides is 2. The zero-order chi connectivity index (χ0) is 17.7. The molecule has 1 N–H and O–H groups in total. The SMILES string of the molecule is C=C/C(=C\C=C\C(=O)N(C)C)C(=O)NC1=Nc2cc(F)ccc2C1. The van der Waals surface area contributed by atoms with Gasteiger partial charge in [0.1, 0.15) is 11.7 Å². The molecule has 0 spiro atoms. The molecule has 0 aromatic heterocycles. The van der Waals surface area contributed by atoms with Crippen LogP contribution in [0.15, 0.2) is 59.6 Å². The van der Waals surface area contributed by atoms with Crippen LogP contribution in [0.5, 0.6) is 0 Å². The Bertz CT molecular complexity index is 776. The number of rotatable bonds is 4. The molecular formula is C18H18FN3O2. The van der Waals surface area contributed by atoms with Crippen LogP contribution in [0.3, 0.4) is 0 Å². The van der Waals surface area contributed by atoms with Crippen molar-refractivity contribution in [3.63, 3.8) is 0 Å². The second-order valence-electron chi connectivity index (χ2n) is 5.38. The third kappa shape index (κ3) is 4.25. The number of nitrogens with zero attached hydrogens (tertiary/aromatic N) is 2. The molecule has 2 amide bonds. The standard InChI is InChI=1S/C18H18FN3O2/c1-4-12(6-5-7-17(23)22(2)3)18(24)21-16-10-13-8-9-14(19)11-15(13)20-16/h4-9,11H,1,10H2,2-3H3,(H,20,21,24)/b7-5+,12-6+. The number of amidine groups is 1. The summed E-state index contributed by atoms with van der Waals surface area (Å²) in [6.07, 6.45) is 6.15. The zero-order valence-electron chi connectivity index (χ0n) is 13.5. The summed E-state index contributed by atoms with van der Waals surface area (Å²) in [5.74, 6) is -0.499. The van der Waals surface area contributed by atoms with Gasteiger partial charge in [-0.25, -0.2) is 9.38 Å². The Morgan fingerprint density at radius 1 is 1.38 bits per heavy atom. The van der Waals surface area contributed by atoms with E-state index in [9.17, 15) is 14.0 Å². The van der Waals surface area contributed by atoms with E-state index in [-0.39, 0.29) is 17.6 Å². The minimum atomic E-state index is -0.390. The Balaban J connectivity index is 2.04. The molecule has 1 aliphatic rings. The summed E-state index contributed by atoms with van der Waals surface area (Å²) in [5, 5.41) is 2.68. The molecule has 24 heavy (non-hydrogen) atoms. The van der Waals surface area contributed by atoms with E-state index in [0.29, 0.717) is 23.5 Å². The number of hydrogen-bond acceptors (Lipinski definition) is 3. The van der Waals surface area contributed by atoms with Crippen LogP contribution in [-0.2, 0) is 16.0 Å². The molecule has 0 bridgehead atoms. The number of halogens is 1. The fourth-order valence-corrected chi connectivity index (χ4v) is 2.05. The summed E-state index contributed by atoms with van der Waals surface area (Å²) >= 11 is 0. The Morgan fingerprint density at radius 3 is 2.79 bits per heavy atom. The molecular weight excluding hydrogens is 309 g/mol. The predicted octanol–water partition coefficient (Wildman–Crippen LogP) is 2.28. The van der Waals surface area contributed by atoms with Gasteiger partial charge in [-0.15, -0.1) is 0 Å². The fourth-order valence-electron chi connectivity index (χ4n) is 2.05. The Hall–Kier alpha value is -3.02. The molecule has 2 rings (SSSR count). The van der Waals surface area contributed by atoms with Gasteiger partial charge in [0.05, 0.1) is 5.69 Å². The molecule has 0 saturated carbocycles. The molecule has 0 fully saturated rings. The van der Waals surface area contributed by atoms with Crippen molar-refractivity contribution in [1.82, 2.24) is 10.2 Å². The van der Waals surface area contributed by atoms with Crippen molar-refractivity contribution in [3.05, 3.63) is 66.0 Å². The summed E-state index contributed by atoms with van der Waals surface area (Å²) in [5.41, 5.74) is 1.67. The van der Waals surface area contributed by atoms with E-state index in [4.69, 9.17) is 0 Å². The molecule has 0 saturated heterocycles. The van der Waals surface area contributed by atoms with E-state index >= 15 is 0 Å². The van der Waals surface area contributed by atoms with Gasteiger partial charge in [-0.3, -0.25) is 9.59 Å². The lowest BCUT2D eigenvalue weighted by Crippen LogP contribution is -2.31. The summed E-state index contributed by atoms with van der Waals surface area (Å²) < 4.78 is 13.2. The van der Waals surface area contributed by atoms with Crippen molar-refractivity contribution in [2.45, 2.75) is 6.42 Å². The maximum Gasteiger partial charge on any atom is 0.256 e. The molecule has 0 aliphatic carbocycles. The Morgan fingerprint density at radius 2 is 2.12 bits per heavy atom. The number of fused-ring (bicyclic) bond motifs is 1. The molecule has 5 nitrogen and oxygen atoms in total. The summed E-state index contributed by atoms with van der Waals surface area (Å²) in [4.78, 5) is 29.3. The van der Waals surface area contributed by atoms with Crippen LogP contribution in [0.25, 0.3) is 0 Å². The van der Waals surface area contributed by atoms with E-state index in [1.54, 1.807) is 20.2 Å². The third-order valence-corrected chi connectivity index (χ3v) is 3.36. The number of nitrogens with one attached hydrogen (secondary N) is 1. The number of likely N-dealkylation sites (N-methyl/N-ethyl adjacent to an activating group) is 1. The first-order valence-electron chi connectivity index (χ1n) is 7.30. The smallest absolute Gasteiger partial charge is 0.256 e. The number of carbonyl (C=O) groups is 2. The molecule has 1 aliphatic heterocycles. The lowest BCUT2D eigenvalue weighted by atomic mass is 10.1. The van der Waals surface area contributed by atoms with Gasteiger partial charge in [0, 0.05) is 32.2 Å². The van der Waals surface area contributed by atoms with Crippen molar-refractivity contribution in [2.75, 3.05) is 14.1 Å². The van der Waals surface area contributed by atoms with E-state index in [1.807, 2.05) is 0 Å². The highest BCUT2D eigenvalue weighted by Gasteiger charge is 2.17. The average Bonchev–Trinajstić information content (AvgIpc) is 2.92. The average molecular weight is 327 g/mol. The first-order chi connectivity index (χ1) is 11.4. The summed E-state index contributed by atoms with van der Waals surface area (Å²) in [6.45, 7) is 3.59. The number of allylic oxidation sites excluding steroid dienone is 2. The highest BCUT2D eigenvalue weighted by Crippen LogP contribution is 2.26. The quantitative estimate of drug-likeness (QED) is 0.681. The van der Waals surface area contributed by atoms with Crippen LogP contribution in [-0.4, -0.2) is 36.6 Å². The monoisotopic (exact) mass is 327 g/mol. The van der Waals surface area contributed by atoms with Gasteiger partial charge in [0.2, 0.25) is 5.91 Å². The van der Waals surface area contributed by atoms with E-state index < -0.39 is 0 Å². The van der Waals surface area contributed by atoms with Gasteiger partial charge in [-0.1, -0.05) is 24.8 Å². The fraction of sp³-hybridized carbons (Fsp3) is 0.167. The van der Waals surface area contributed by atoms with Crippen LogP contribution in [0, 0.1) is 5.82 Å². The van der Waals surface area contributed by atoms with Crippen LogP contribution >= 0.6 is 0 Å². The van der Waals surface area contributed by atoms with E-state index in [0.717, 1.165) is 5.56 Å². The van der Waals surface area contributed by atoms with Gasteiger partial charge in [0.15, 0.2) is 0 Å². The molecule has 0 unspecified atom stereocenters. The first kappa shape index (κ1) is 17.3. The van der Waals surface area contributed by atoms with Crippen molar-refractivity contribution >= 4 is 23.3 Å². The Kier molecular flexibility index (Phi) is 5.42. The predicted molar refractivity (Wildman–Crippen MR) is 91.5 cm³/mol. The van der Waals surface area contributed by atoms with Crippen LogP contribution in [0.2, 0.25) is 0 Å². The van der Waals surface area contributed by atoms with Gasteiger partial charge in [0.25, 0.3) is 5.91 Å². The lowest BCUT2D eigenvalue weighted by molar-refractivity contribution is -0.123.